The van der Waals surface area contributed by atoms with Crippen molar-refractivity contribution in [2.75, 3.05) is 0 Å². The number of aldehydes is 1. The lowest BCUT2D eigenvalue weighted by molar-refractivity contribution is 0.1000. The molecular weight excluding hydrogens is 234 g/mol. The molecule has 0 unspecified atom stereocenters. The Hall–Kier alpha value is -1.94. The first-order chi connectivity index (χ1) is 8.19. The van der Waals surface area contributed by atoms with E-state index in [9.17, 15) is 9.59 Å². The molecule has 2 aromatic rings. The fourth-order valence-electron chi connectivity index (χ4n) is 1.54. The first-order valence-electron chi connectivity index (χ1n) is 5.11. The normalized spacial score (nSPS) is 10.1. The zero-order valence-corrected chi connectivity index (χ0v) is 9.87. The zero-order chi connectivity index (χ0) is 12.3. The van der Waals surface area contributed by atoms with Crippen LogP contribution in [0.15, 0.2) is 36.4 Å². The number of rotatable bonds is 4. The third kappa shape index (κ3) is 2.79. The van der Waals surface area contributed by atoms with Gasteiger partial charge >= 0.3 is 0 Å². The van der Waals surface area contributed by atoms with Crippen molar-refractivity contribution < 1.29 is 9.59 Å². The molecule has 0 saturated heterocycles. The Labute approximate surface area is 103 Å². The molecule has 0 spiro atoms. The fraction of sp³-hybridized carbons (Fsp3) is 0.0769. The van der Waals surface area contributed by atoms with Crippen molar-refractivity contribution in [2.24, 2.45) is 5.73 Å². The highest BCUT2D eigenvalue weighted by Gasteiger charge is 2.03. The smallest absolute Gasteiger partial charge is 0.248 e. The molecule has 0 radical (unpaired) electrons. The Morgan fingerprint density at radius 3 is 2.41 bits per heavy atom. The van der Waals surface area contributed by atoms with Gasteiger partial charge in [0.1, 0.15) is 0 Å². The minimum atomic E-state index is -0.420. The number of primary amides is 1. The lowest BCUT2D eigenvalue weighted by Gasteiger charge is -2.00. The molecule has 0 aliphatic carbocycles. The maximum atomic E-state index is 10.9. The number of carbonyl (C=O) groups excluding carboxylic acids is 2. The lowest BCUT2D eigenvalue weighted by atomic mass is 10.1. The van der Waals surface area contributed by atoms with Crippen molar-refractivity contribution in [3.8, 4) is 0 Å². The Balaban J connectivity index is 2.13. The van der Waals surface area contributed by atoms with Crippen molar-refractivity contribution in [2.45, 2.75) is 6.42 Å². The van der Waals surface area contributed by atoms with E-state index < -0.39 is 5.91 Å². The van der Waals surface area contributed by atoms with Gasteiger partial charge in [0.15, 0.2) is 6.29 Å². The van der Waals surface area contributed by atoms with E-state index in [1.54, 1.807) is 12.1 Å². The van der Waals surface area contributed by atoms with E-state index in [0.29, 0.717) is 5.56 Å². The van der Waals surface area contributed by atoms with Crippen LogP contribution in [0.25, 0.3) is 0 Å². The topological polar surface area (TPSA) is 60.2 Å². The van der Waals surface area contributed by atoms with Gasteiger partial charge in [-0.3, -0.25) is 9.59 Å². The molecule has 86 valence electrons. The summed E-state index contributed by atoms with van der Waals surface area (Å²) in [5.41, 5.74) is 6.76. The molecule has 0 bridgehead atoms. The second-order valence-electron chi connectivity index (χ2n) is 3.66. The predicted octanol–water partition coefficient (Wildman–Crippen LogP) is 2.25. The average Bonchev–Trinajstić information content (AvgIpc) is 2.77. The van der Waals surface area contributed by atoms with E-state index >= 15 is 0 Å². The summed E-state index contributed by atoms with van der Waals surface area (Å²) in [7, 11) is 0. The van der Waals surface area contributed by atoms with Crippen LogP contribution in [0.4, 0.5) is 0 Å². The van der Waals surface area contributed by atoms with Crippen LogP contribution in [0, 0.1) is 0 Å². The summed E-state index contributed by atoms with van der Waals surface area (Å²) >= 11 is 1.48. The number of hydrogen-bond acceptors (Lipinski definition) is 3. The second-order valence-corrected chi connectivity index (χ2v) is 4.86. The molecule has 2 N–H and O–H groups in total. The van der Waals surface area contributed by atoms with Crippen molar-refractivity contribution in [1.82, 2.24) is 0 Å². The highest BCUT2D eigenvalue weighted by atomic mass is 32.1. The summed E-state index contributed by atoms with van der Waals surface area (Å²) in [5, 5.41) is 0. The van der Waals surface area contributed by atoms with Gasteiger partial charge in [0.25, 0.3) is 0 Å². The minimum Gasteiger partial charge on any atom is -0.366 e. The number of thiophene rings is 1. The van der Waals surface area contributed by atoms with Crippen LogP contribution in [-0.4, -0.2) is 12.2 Å². The molecule has 4 heteroatoms. The summed E-state index contributed by atoms with van der Waals surface area (Å²) in [6.45, 7) is 0. The van der Waals surface area contributed by atoms with Crippen molar-refractivity contribution in [3.05, 3.63) is 57.3 Å². The fourth-order valence-corrected chi connectivity index (χ4v) is 2.40. The van der Waals surface area contributed by atoms with Crippen LogP contribution in [0.2, 0.25) is 0 Å². The highest BCUT2D eigenvalue weighted by molar-refractivity contribution is 7.13. The monoisotopic (exact) mass is 245 g/mol. The third-order valence-electron chi connectivity index (χ3n) is 2.42. The summed E-state index contributed by atoms with van der Waals surface area (Å²) in [6, 6.07) is 10.9. The maximum absolute atomic E-state index is 10.9. The van der Waals surface area contributed by atoms with Gasteiger partial charge in [0, 0.05) is 16.9 Å². The molecule has 1 amide bonds. The Morgan fingerprint density at radius 1 is 1.18 bits per heavy atom. The first kappa shape index (κ1) is 11.5. The lowest BCUT2D eigenvalue weighted by Crippen LogP contribution is -2.10. The first-order valence-corrected chi connectivity index (χ1v) is 5.93. The van der Waals surface area contributed by atoms with Gasteiger partial charge in [-0.05, 0) is 29.8 Å². The van der Waals surface area contributed by atoms with E-state index in [4.69, 9.17) is 5.73 Å². The second kappa shape index (κ2) is 4.93. The molecule has 0 saturated carbocycles. The van der Waals surface area contributed by atoms with E-state index in [2.05, 4.69) is 0 Å². The zero-order valence-electron chi connectivity index (χ0n) is 9.05. The van der Waals surface area contributed by atoms with Gasteiger partial charge in [0.05, 0.1) is 4.88 Å². The summed E-state index contributed by atoms with van der Waals surface area (Å²) in [4.78, 5) is 23.3. The number of nitrogens with two attached hydrogens (primary N) is 1. The van der Waals surface area contributed by atoms with Gasteiger partial charge < -0.3 is 5.73 Å². The summed E-state index contributed by atoms with van der Waals surface area (Å²) < 4.78 is 0. The Bertz CT molecular complexity index is 543. The molecule has 0 atom stereocenters. The van der Waals surface area contributed by atoms with Crippen LogP contribution in [0.1, 0.15) is 30.5 Å². The summed E-state index contributed by atoms with van der Waals surface area (Å²) in [6.07, 6.45) is 1.61. The van der Waals surface area contributed by atoms with Crippen molar-refractivity contribution in [3.63, 3.8) is 0 Å². The van der Waals surface area contributed by atoms with E-state index in [0.717, 1.165) is 28.0 Å². The van der Waals surface area contributed by atoms with Gasteiger partial charge in [-0.25, -0.2) is 0 Å². The van der Waals surface area contributed by atoms with Crippen LogP contribution in [-0.2, 0) is 6.42 Å². The average molecular weight is 245 g/mol. The van der Waals surface area contributed by atoms with Crippen LogP contribution < -0.4 is 5.73 Å². The molecular formula is C13H11NO2S. The molecule has 3 nitrogen and oxygen atoms in total. The largest absolute Gasteiger partial charge is 0.366 e. The van der Waals surface area contributed by atoms with Crippen molar-refractivity contribution >= 4 is 23.5 Å². The number of benzene rings is 1. The number of amides is 1. The molecule has 1 heterocycles. The maximum Gasteiger partial charge on any atom is 0.248 e. The van der Waals surface area contributed by atoms with Gasteiger partial charge in [-0.15, -0.1) is 11.3 Å². The predicted molar refractivity (Wildman–Crippen MR) is 67.5 cm³/mol. The van der Waals surface area contributed by atoms with E-state index in [1.165, 1.54) is 11.3 Å². The van der Waals surface area contributed by atoms with Crippen LogP contribution in [0.5, 0.6) is 0 Å². The molecule has 0 fully saturated rings. The Morgan fingerprint density at radius 2 is 1.88 bits per heavy atom. The van der Waals surface area contributed by atoms with Gasteiger partial charge in [-0.2, -0.15) is 0 Å². The quantitative estimate of drug-likeness (QED) is 0.840. The third-order valence-corrected chi connectivity index (χ3v) is 3.43. The van der Waals surface area contributed by atoms with Crippen LogP contribution in [0.3, 0.4) is 0 Å². The SMILES string of the molecule is NC(=O)c1ccc(Cc2ccc(C=O)s2)cc1. The van der Waals surface area contributed by atoms with Gasteiger partial charge in [-0.1, -0.05) is 12.1 Å². The Kier molecular flexibility index (Phi) is 3.35. The van der Waals surface area contributed by atoms with Crippen LogP contribution >= 0.6 is 11.3 Å². The molecule has 1 aromatic carbocycles. The van der Waals surface area contributed by atoms with Gasteiger partial charge in [0.2, 0.25) is 5.91 Å². The molecule has 0 aliphatic heterocycles. The highest BCUT2D eigenvalue weighted by Crippen LogP contribution is 2.18. The minimum absolute atomic E-state index is 0.420. The molecule has 1 aromatic heterocycles. The number of carbonyl (C=O) groups is 2. The number of hydrogen-bond donors (Lipinski definition) is 1. The molecule has 0 aliphatic rings. The van der Waals surface area contributed by atoms with Crippen molar-refractivity contribution in [1.29, 1.82) is 0 Å². The molecule has 17 heavy (non-hydrogen) atoms. The van der Waals surface area contributed by atoms with E-state index in [-0.39, 0.29) is 0 Å². The van der Waals surface area contributed by atoms with E-state index in [1.807, 2.05) is 24.3 Å². The standard InChI is InChI=1S/C13H11NO2S/c14-13(16)10-3-1-9(2-4-10)7-11-5-6-12(8-15)17-11/h1-6,8H,7H2,(H2,14,16). The molecule has 2 rings (SSSR count). The summed E-state index contributed by atoms with van der Waals surface area (Å²) in [5.74, 6) is -0.420.